The zero-order valence-corrected chi connectivity index (χ0v) is 24.2. The first kappa shape index (κ1) is 30.1. The van der Waals surface area contributed by atoms with Crippen molar-refractivity contribution < 1.29 is 37.4 Å². The summed E-state index contributed by atoms with van der Waals surface area (Å²) in [6.45, 7) is 0.770. The lowest BCUT2D eigenvalue weighted by Crippen LogP contribution is -2.41. The van der Waals surface area contributed by atoms with Crippen molar-refractivity contribution in [1.29, 1.82) is 0 Å². The first-order valence-corrected chi connectivity index (χ1v) is 14.6. The molecule has 4 rings (SSSR count). The molecule has 12 nitrogen and oxygen atoms in total. The zero-order chi connectivity index (χ0) is 28.9. The van der Waals surface area contributed by atoms with Gasteiger partial charge in [-0.2, -0.15) is 10.1 Å². The highest BCUT2D eigenvalue weighted by Crippen LogP contribution is 2.49. The van der Waals surface area contributed by atoms with Crippen LogP contribution in [-0.2, 0) is 30.0 Å². The Kier molecular flexibility index (Phi) is 9.59. The number of rotatable bonds is 11. The van der Waals surface area contributed by atoms with Gasteiger partial charge in [0, 0.05) is 6.20 Å². The largest absolute Gasteiger partial charge is 0.460 e. The quantitative estimate of drug-likeness (QED) is 0.117. The Labute approximate surface area is 242 Å². The molecule has 40 heavy (non-hydrogen) atoms. The summed E-state index contributed by atoms with van der Waals surface area (Å²) in [6.07, 6.45) is -3.59. The molecule has 0 aliphatic carbocycles. The Hall–Kier alpha value is -2.88. The minimum atomic E-state index is -4.34. The van der Waals surface area contributed by atoms with Crippen LogP contribution < -0.4 is 21.0 Å². The van der Waals surface area contributed by atoms with Gasteiger partial charge in [0.25, 0.3) is 0 Å². The van der Waals surface area contributed by atoms with Gasteiger partial charge in [-0.1, -0.05) is 48.5 Å². The molecule has 0 amide bonds. The predicted octanol–water partition coefficient (Wildman–Crippen LogP) is 3.11. The summed E-state index contributed by atoms with van der Waals surface area (Å²) in [4.78, 5) is 28.4. The number of nitrogens with two attached hydrogens (primary N) is 1. The number of nitrogen functional groups attached to an aromatic ring is 1. The van der Waals surface area contributed by atoms with Gasteiger partial charge in [0.15, 0.2) is 6.23 Å². The lowest BCUT2D eigenvalue weighted by Gasteiger charge is -2.24. The van der Waals surface area contributed by atoms with E-state index < -0.39 is 54.2 Å². The van der Waals surface area contributed by atoms with Gasteiger partial charge in [-0.3, -0.25) is 13.9 Å². The van der Waals surface area contributed by atoms with Crippen LogP contribution in [0.2, 0.25) is 0 Å². The third kappa shape index (κ3) is 7.25. The van der Waals surface area contributed by atoms with E-state index in [9.17, 15) is 19.3 Å². The second kappa shape index (κ2) is 12.7. The van der Waals surface area contributed by atoms with Gasteiger partial charge in [-0.05, 0) is 53.3 Å². The number of alkyl halides is 2. The summed E-state index contributed by atoms with van der Waals surface area (Å²) in [6, 6.07) is 17.1. The molecule has 214 valence electrons. The number of halogens is 2. The number of aliphatic hydroxyl groups is 1. The van der Waals surface area contributed by atoms with E-state index in [0.717, 1.165) is 10.1 Å². The number of benzene rings is 2. The number of aromatic nitrogens is 2. The number of hydrogen-bond acceptors (Lipinski definition) is 10. The van der Waals surface area contributed by atoms with Gasteiger partial charge in [-0.15, -0.1) is 0 Å². The van der Waals surface area contributed by atoms with E-state index in [-0.39, 0.29) is 18.2 Å². The molecule has 4 N–H and O–H groups in total. The molecule has 0 spiro atoms. The lowest BCUT2D eigenvalue weighted by molar-refractivity contribution is -0.146. The number of esters is 1. The van der Waals surface area contributed by atoms with Crippen molar-refractivity contribution >= 4 is 42.1 Å². The molecule has 1 saturated heterocycles. The van der Waals surface area contributed by atoms with Crippen molar-refractivity contribution in [3.8, 4) is 5.75 Å². The monoisotopic (exact) mass is 688 g/mol. The smallest absolute Gasteiger partial charge is 0.459 e. The molecule has 2 aromatic carbocycles. The van der Waals surface area contributed by atoms with Gasteiger partial charge in [-0.25, -0.2) is 13.8 Å². The molecule has 15 heteroatoms. The third-order valence-electron chi connectivity index (χ3n) is 5.79. The van der Waals surface area contributed by atoms with Crippen LogP contribution in [0.25, 0.3) is 0 Å². The van der Waals surface area contributed by atoms with Crippen molar-refractivity contribution in [1.82, 2.24) is 14.6 Å². The molecule has 3 unspecified atom stereocenters. The minimum Gasteiger partial charge on any atom is -0.460 e. The fourth-order valence-electron chi connectivity index (χ4n) is 3.74. The summed E-state index contributed by atoms with van der Waals surface area (Å²) in [5, 5.41) is 13.2. The van der Waals surface area contributed by atoms with Crippen molar-refractivity contribution in [2.75, 3.05) is 12.3 Å². The van der Waals surface area contributed by atoms with Crippen LogP contribution >= 0.6 is 30.3 Å². The summed E-state index contributed by atoms with van der Waals surface area (Å²) in [5.74, 6) is -0.645. The number of nitrogens with one attached hydrogen (secondary N) is 1. The lowest BCUT2D eigenvalue weighted by atomic mass is 10.1. The van der Waals surface area contributed by atoms with Crippen LogP contribution in [0.1, 0.15) is 18.7 Å². The third-order valence-corrected chi connectivity index (χ3v) is 8.61. The molecule has 1 aliphatic heterocycles. The fraction of sp³-hybridized carbons (Fsp3) is 0.320. The average Bonchev–Trinajstić information content (AvgIpc) is 3.15. The number of nitrogens with zero attached hydrogens (tertiary/aromatic N) is 2. The van der Waals surface area contributed by atoms with Crippen LogP contribution in [0.3, 0.4) is 0 Å². The molecular formula is C25H27FIN4O8P. The summed E-state index contributed by atoms with van der Waals surface area (Å²) in [7, 11) is -4.34. The predicted molar refractivity (Wildman–Crippen MR) is 150 cm³/mol. The van der Waals surface area contributed by atoms with Gasteiger partial charge >= 0.3 is 19.4 Å². The van der Waals surface area contributed by atoms with Crippen LogP contribution in [0, 0.1) is 0 Å². The Bertz CT molecular complexity index is 1410. The molecule has 6 atom stereocenters. The SMILES string of the molecule is C[C@H](NP(=O)(OC[C@H]1O[C@@H](n2ccc(N)nc2=O)C(F)(I)C1O)Oc1ccccc1)C(=O)OCc1ccccc1. The van der Waals surface area contributed by atoms with Crippen LogP contribution in [0.5, 0.6) is 5.75 Å². The van der Waals surface area contributed by atoms with Crippen molar-refractivity contribution in [3.05, 3.63) is 89.0 Å². The number of carbonyl (C=O) groups excluding carboxylic acids is 1. The van der Waals surface area contributed by atoms with E-state index in [1.165, 1.54) is 53.9 Å². The minimum absolute atomic E-state index is 0.00645. The highest BCUT2D eigenvalue weighted by atomic mass is 127. The highest BCUT2D eigenvalue weighted by Gasteiger charge is 2.57. The highest BCUT2D eigenvalue weighted by molar-refractivity contribution is 14.1. The first-order chi connectivity index (χ1) is 19.0. The normalized spacial score (nSPS) is 24.6. The van der Waals surface area contributed by atoms with Crippen LogP contribution in [-0.4, -0.2) is 49.2 Å². The maximum atomic E-state index is 15.6. The number of carbonyl (C=O) groups is 1. The molecule has 2 heterocycles. The molecule has 0 saturated carbocycles. The number of aliphatic hydroxyl groups excluding tert-OH is 1. The average molecular weight is 688 g/mol. The van der Waals surface area contributed by atoms with Crippen molar-refractivity contribution in [3.63, 3.8) is 0 Å². The van der Waals surface area contributed by atoms with Gasteiger partial charge in [0.05, 0.1) is 6.61 Å². The summed E-state index contributed by atoms with van der Waals surface area (Å²) < 4.78 is 49.7. The molecule has 1 aliphatic rings. The number of hydrogen-bond donors (Lipinski definition) is 3. The van der Waals surface area contributed by atoms with E-state index in [1.807, 2.05) is 6.07 Å². The maximum Gasteiger partial charge on any atom is 0.459 e. The Morgan fingerprint density at radius 1 is 1.25 bits per heavy atom. The van der Waals surface area contributed by atoms with Crippen molar-refractivity contribution in [2.24, 2.45) is 0 Å². The number of anilines is 1. The maximum absolute atomic E-state index is 15.6. The van der Waals surface area contributed by atoms with E-state index >= 15 is 4.39 Å². The second-order valence-corrected chi connectivity index (χ2v) is 12.2. The second-order valence-electron chi connectivity index (χ2n) is 8.83. The Balaban J connectivity index is 1.47. The Morgan fingerprint density at radius 2 is 1.90 bits per heavy atom. The molecule has 0 bridgehead atoms. The van der Waals surface area contributed by atoms with Crippen LogP contribution in [0.15, 0.2) is 77.7 Å². The van der Waals surface area contributed by atoms with Gasteiger partial charge in [0.1, 0.15) is 36.4 Å². The van der Waals surface area contributed by atoms with Crippen molar-refractivity contribution in [2.45, 2.75) is 41.7 Å². The first-order valence-electron chi connectivity index (χ1n) is 12.0. The van der Waals surface area contributed by atoms with E-state index in [4.69, 9.17) is 24.3 Å². The molecule has 1 fully saturated rings. The fourth-order valence-corrected chi connectivity index (χ4v) is 6.09. The zero-order valence-electron chi connectivity index (χ0n) is 21.1. The standard InChI is InChI=1S/C25H27FIN4O8P/c1-16(22(33)36-14-17-8-4-2-5-9-17)30-40(35,39-18-10-6-3-7-11-18)37-15-19-21(32)25(26,27)23(38-19)31-13-12-20(28)29-24(31)34/h2-13,16,19,21,23,32H,14-15H2,1H3,(H,30,35)(H2,28,29,34)/t16-,19+,21?,23+,25?,40?/m0/s1. The summed E-state index contributed by atoms with van der Waals surface area (Å²) in [5.41, 5.74) is 5.37. The van der Waals surface area contributed by atoms with E-state index in [2.05, 4.69) is 10.1 Å². The molecule has 3 aromatic rings. The van der Waals surface area contributed by atoms with Gasteiger partial charge < -0.3 is 24.8 Å². The summed E-state index contributed by atoms with van der Waals surface area (Å²) >= 11 is 1.33. The number of ether oxygens (including phenoxy) is 2. The van der Waals surface area contributed by atoms with E-state index in [0.29, 0.717) is 0 Å². The molecule has 1 aromatic heterocycles. The molecular weight excluding hydrogens is 661 g/mol. The topological polar surface area (TPSA) is 164 Å². The van der Waals surface area contributed by atoms with E-state index in [1.54, 1.807) is 42.5 Å². The number of para-hydroxylation sites is 1. The Morgan fingerprint density at radius 3 is 2.55 bits per heavy atom. The van der Waals surface area contributed by atoms with Crippen LogP contribution in [0.4, 0.5) is 10.2 Å². The van der Waals surface area contributed by atoms with Gasteiger partial charge in [0.2, 0.25) is 3.68 Å². The molecule has 0 radical (unpaired) electrons.